The Bertz CT molecular complexity index is 1500. The first-order chi connectivity index (χ1) is 16.6. The van der Waals surface area contributed by atoms with Crippen LogP contribution in [0.2, 0.25) is 0 Å². The molecule has 0 saturated heterocycles. The second kappa shape index (κ2) is 9.21. The zero-order valence-electron chi connectivity index (χ0n) is 17.7. The Labute approximate surface area is 198 Å². The van der Waals surface area contributed by atoms with Gasteiger partial charge in [-0.2, -0.15) is 5.26 Å². The highest BCUT2D eigenvalue weighted by atomic mass is 32.2. The lowest BCUT2D eigenvalue weighted by Gasteiger charge is -2.10. The maximum atomic E-state index is 13.4. The van der Waals surface area contributed by atoms with Gasteiger partial charge in [0.05, 0.1) is 16.8 Å². The van der Waals surface area contributed by atoms with Crippen LogP contribution >= 0.6 is 11.8 Å². The lowest BCUT2D eigenvalue weighted by molar-refractivity contribution is 0.420. The fourth-order valence-electron chi connectivity index (χ4n) is 3.49. The highest BCUT2D eigenvalue weighted by Gasteiger charge is 2.19. The number of aromatic nitrogens is 5. The molecule has 0 radical (unpaired) electrons. The van der Waals surface area contributed by atoms with E-state index in [2.05, 4.69) is 20.2 Å². The summed E-state index contributed by atoms with van der Waals surface area (Å²) in [6, 6.07) is 25.0. The van der Waals surface area contributed by atoms with Crippen LogP contribution in [0, 0.1) is 17.1 Å². The van der Waals surface area contributed by atoms with Crippen molar-refractivity contribution >= 4 is 28.4 Å². The number of thioether (sulfide) groups is 1. The molecule has 0 aliphatic heterocycles. The fourth-order valence-corrected chi connectivity index (χ4v) is 4.32. The molecule has 0 saturated carbocycles. The summed E-state index contributed by atoms with van der Waals surface area (Å²) < 4.78 is 15.3. The number of aromatic amines is 1. The van der Waals surface area contributed by atoms with Gasteiger partial charge < -0.3 is 10.1 Å². The van der Waals surface area contributed by atoms with Crippen LogP contribution in [0.1, 0.15) is 5.82 Å². The lowest BCUT2D eigenvalue weighted by Crippen LogP contribution is -2.01. The Kier molecular flexibility index (Phi) is 5.81. The summed E-state index contributed by atoms with van der Waals surface area (Å²) in [5.41, 5.74) is 3.06. The van der Waals surface area contributed by atoms with Crippen molar-refractivity contribution in [2.45, 2.75) is 5.16 Å². The topological polar surface area (TPSA) is 103 Å². The van der Waals surface area contributed by atoms with Crippen LogP contribution in [0.15, 0.2) is 89.8 Å². The van der Waals surface area contributed by atoms with Crippen molar-refractivity contribution in [3.8, 4) is 23.1 Å². The van der Waals surface area contributed by atoms with Crippen molar-refractivity contribution in [3.05, 3.63) is 96.3 Å². The molecule has 9 heteroatoms. The van der Waals surface area contributed by atoms with Gasteiger partial charge in [0.2, 0.25) is 0 Å². The smallest absolute Gasteiger partial charge is 0.196 e. The Morgan fingerprint density at radius 1 is 1.00 bits per heavy atom. The number of fused-ring (bicyclic) bond motifs is 1. The van der Waals surface area contributed by atoms with Crippen LogP contribution in [0.25, 0.3) is 33.7 Å². The number of nitriles is 1. The summed E-state index contributed by atoms with van der Waals surface area (Å²) in [6.07, 6.45) is 0. The van der Waals surface area contributed by atoms with Crippen LogP contribution in [0.3, 0.4) is 0 Å². The second-order valence-corrected chi connectivity index (χ2v) is 8.25. The molecule has 2 aromatic heterocycles. The number of H-pyrrole nitrogens is 1. The van der Waals surface area contributed by atoms with Gasteiger partial charge in [-0.15, -0.1) is 10.2 Å². The molecule has 0 atom stereocenters. The molecule has 34 heavy (non-hydrogen) atoms. The van der Waals surface area contributed by atoms with Crippen LogP contribution in [0.5, 0.6) is 0 Å². The van der Waals surface area contributed by atoms with E-state index in [-0.39, 0.29) is 22.9 Å². The monoisotopic (exact) mass is 468 g/mol. The molecular weight excluding hydrogens is 451 g/mol. The lowest BCUT2D eigenvalue weighted by atomic mass is 10.2. The van der Waals surface area contributed by atoms with Gasteiger partial charge in [-0.25, -0.2) is 9.37 Å². The number of nitrogens with one attached hydrogen (secondary N) is 1. The quantitative estimate of drug-likeness (QED) is 0.193. The van der Waals surface area contributed by atoms with Crippen molar-refractivity contribution in [2.75, 3.05) is 5.75 Å². The Morgan fingerprint density at radius 3 is 2.47 bits per heavy atom. The number of halogens is 1. The molecule has 7 nitrogen and oxygen atoms in total. The highest BCUT2D eigenvalue weighted by Crippen LogP contribution is 2.30. The molecule has 0 unspecified atom stereocenters. The number of hydrogen-bond acceptors (Lipinski definition) is 6. The average molecular weight is 469 g/mol. The van der Waals surface area contributed by atoms with Crippen molar-refractivity contribution in [2.24, 2.45) is 0 Å². The summed E-state index contributed by atoms with van der Waals surface area (Å²) >= 11 is 1.23. The minimum absolute atomic E-state index is 0.0632. The van der Waals surface area contributed by atoms with E-state index in [4.69, 9.17) is 0 Å². The molecular formula is C25H17FN6OS. The second-order valence-electron chi connectivity index (χ2n) is 7.31. The van der Waals surface area contributed by atoms with Crippen LogP contribution in [-0.2, 0) is 0 Å². The summed E-state index contributed by atoms with van der Waals surface area (Å²) in [4.78, 5) is 7.48. The molecule has 0 spiro atoms. The van der Waals surface area contributed by atoms with Crippen molar-refractivity contribution in [1.82, 2.24) is 24.7 Å². The van der Waals surface area contributed by atoms with E-state index in [0.717, 1.165) is 11.2 Å². The first-order valence-electron chi connectivity index (χ1n) is 10.3. The number of benzene rings is 3. The van der Waals surface area contributed by atoms with Gasteiger partial charge in [-0.05, 0) is 48.5 Å². The number of para-hydroxylation sites is 3. The largest absolute Gasteiger partial charge is 0.510 e. The van der Waals surface area contributed by atoms with E-state index in [0.29, 0.717) is 27.9 Å². The first kappa shape index (κ1) is 21.4. The molecule has 0 amide bonds. The fraction of sp³-hybridized carbons (Fsp3) is 0.0400. The molecule has 0 bridgehead atoms. The van der Waals surface area contributed by atoms with Crippen molar-refractivity contribution in [1.29, 1.82) is 5.26 Å². The average Bonchev–Trinajstić information content (AvgIpc) is 3.48. The van der Waals surface area contributed by atoms with E-state index in [1.54, 1.807) is 12.1 Å². The standard InChI is InChI=1S/C25H17FN6OS/c26-17-12-10-16(11-13-17)24-30-31-25(32(24)18-6-2-1-3-7-18)34-15-22(33)19(14-27)23-28-20-8-4-5-9-21(20)29-23/h1-13,33H,15H2,(H,28,29)/b22-19-. The molecule has 3 aromatic carbocycles. The highest BCUT2D eigenvalue weighted by molar-refractivity contribution is 7.99. The third-order valence-corrected chi connectivity index (χ3v) is 6.05. The molecule has 166 valence electrons. The number of rotatable bonds is 6. The number of aliphatic hydroxyl groups excluding tert-OH is 1. The van der Waals surface area contributed by atoms with Gasteiger partial charge in [0.25, 0.3) is 0 Å². The molecule has 0 fully saturated rings. The molecule has 2 heterocycles. The van der Waals surface area contributed by atoms with E-state index in [1.165, 1.54) is 23.9 Å². The first-order valence-corrected chi connectivity index (χ1v) is 11.3. The number of nitrogens with zero attached hydrogens (tertiary/aromatic N) is 5. The Morgan fingerprint density at radius 2 is 1.74 bits per heavy atom. The number of allylic oxidation sites excluding steroid dienone is 1. The zero-order valence-corrected chi connectivity index (χ0v) is 18.5. The minimum Gasteiger partial charge on any atom is -0.510 e. The number of hydrogen-bond donors (Lipinski definition) is 2. The normalized spacial score (nSPS) is 11.9. The van der Waals surface area contributed by atoms with E-state index < -0.39 is 0 Å². The third-order valence-electron chi connectivity index (χ3n) is 5.11. The summed E-state index contributed by atoms with van der Waals surface area (Å²) in [5, 5.41) is 29.5. The SMILES string of the molecule is N#C/C(=C(/O)CSc1nnc(-c2ccc(F)cc2)n1-c1ccccc1)c1nc2ccccc2[nH]1. The molecule has 5 rings (SSSR count). The van der Waals surface area contributed by atoms with Crippen LogP contribution in [-0.4, -0.2) is 35.6 Å². The summed E-state index contributed by atoms with van der Waals surface area (Å²) in [6.45, 7) is 0. The molecule has 2 N–H and O–H groups in total. The summed E-state index contributed by atoms with van der Waals surface area (Å²) in [7, 11) is 0. The minimum atomic E-state index is -0.339. The van der Waals surface area contributed by atoms with Crippen LogP contribution < -0.4 is 0 Å². The molecule has 5 aromatic rings. The predicted octanol–water partition coefficient (Wildman–Crippen LogP) is 5.53. The van der Waals surface area contributed by atoms with Gasteiger partial charge >= 0.3 is 0 Å². The predicted molar refractivity (Wildman–Crippen MR) is 129 cm³/mol. The van der Waals surface area contributed by atoms with E-state index >= 15 is 0 Å². The maximum Gasteiger partial charge on any atom is 0.196 e. The van der Waals surface area contributed by atoms with Crippen molar-refractivity contribution < 1.29 is 9.50 Å². The van der Waals surface area contributed by atoms with E-state index in [9.17, 15) is 14.8 Å². The number of aliphatic hydroxyl groups is 1. The van der Waals surface area contributed by atoms with Gasteiger partial charge in [0, 0.05) is 11.3 Å². The van der Waals surface area contributed by atoms with Crippen molar-refractivity contribution in [3.63, 3.8) is 0 Å². The van der Waals surface area contributed by atoms with Crippen LogP contribution in [0.4, 0.5) is 4.39 Å². The van der Waals surface area contributed by atoms with Gasteiger partial charge in [-0.3, -0.25) is 4.57 Å². The number of imidazole rings is 1. The third kappa shape index (κ3) is 4.14. The zero-order chi connectivity index (χ0) is 23.5. The van der Waals surface area contributed by atoms with Gasteiger partial charge in [0.1, 0.15) is 23.2 Å². The maximum absolute atomic E-state index is 13.4. The summed E-state index contributed by atoms with van der Waals surface area (Å²) in [5.74, 6) is 0.452. The molecule has 0 aliphatic rings. The van der Waals surface area contributed by atoms with Gasteiger partial charge in [0.15, 0.2) is 16.8 Å². The Hall–Kier alpha value is -4.42. The Balaban J connectivity index is 1.49. The molecule has 0 aliphatic carbocycles. The van der Waals surface area contributed by atoms with Gasteiger partial charge in [-0.1, -0.05) is 42.1 Å². The van der Waals surface area contributed by atoms with E-state index in [1.807, 2.05) is 65.2 Å².